The topological polar surface area (TPSA) is 95.9 Å². The van der Waals surface area contributed by atoms with Gasteiger partial charge < -0.3 is 10.1 Å². The number of Topliss-reactive ketones (excluding diaryl/α,β-unsaturated/α-hetero) is 1. The van der Waals surface area contributed by atoms with Crippen LogP contribution in [-0.4, -0.2) is 53.7 Å². The summed E-state index contributed by atoms with van der Waals surface area (Å²) in [6, 6.07) is 0. The van der Waals surface area contributed by atoms with E-state index in [0.717, 1.165) is 44.9 Å². The number of nitrogens with zero attached hydrogens (tertiary/aromatic N) is 1. The Hall–Kier alpha value is -1.73. The van der Waals surface area contributed by atoms with E-state index in [1.54, 1.807) is 0 Å². The monoisotopic (exact) mass is 436 g/mol. The summed E-state index contributed by atoms with van der Waals surface area (Å²) >= 11 is 0. The molecule has 7 heteroatoms. The first-order valence-electron chi connectivity index (χ1n) is 12.0. The van der Waals surface area contributed by atoms with Gasteiger partial charge in [-0.2, -0.15) is 0 Å². The standard InChI is InChI=1S/C24H40N2O5/c1-3-4-7-10-18(27)13-16-23(28)25-17-20-19(21-14-15-22(20)31-21)11-8-5-6-9-12-24(29)26(2)30/h5,8,19-22,30H,3-4,6-7,9-17H2,1-2H3,(H,25,28)/t19-,20+,21-,22+/m0/s1. The number of ether oxygens (including phenoxy) is 1. The number of unbranched alkanes of at least 4 members (excludes halogenated alkanes) is 3. The third-order valence-corrected chi connectivity index (χ3v) is 6.51. The van der Waals surface area contributed by atoms with Crippen LogP contribution in [0.3, 0.4) is 0 Å². The van der Waals surface area contributed by atoms with E-state index >= 15 is 0 Å². The summed E-state index contributed by atoms with van der Waals surface area (Å²) in [6.07, 6.45) is 13.9. The van der Waals surface area contributed by atoms with E-state index < -0.39 is 0 Å². The summed E-state index contributed by atoms with van der Waals surface area (Å²) in [5.74, 6) is 0.586. The van der Waals surface area contributed by atoms with E-state index in [1.165, 1.54) is 7.05 Å². The number of carbonyl (C=O) groups is 3. The van der Waals surface area contributed by atoms with E-state index in [0.29, 0.717) is 49.1 Å². The van der Waals surface area contributed by atoms with Crippen molar-refractivity contribution in [2.45, 2.75) is 96.2 Å². The van der Waals surface area contributed by atoms with E-state index in [2.05, 4.69) is 24.4 Å². The molecule has 2 N–H and O–H groups in total. The first kappa shape index (κ1) is 25.5. The van der Waals surface area contributed by atoms with Crippen molar-refractivity contribution in [3.05, 3.63) is 12.2 Å². The Bertz CT molecular complexity index is 619. The molecule has 7 nitrogen and oxygen atoms in total. The van der Waals surface area contributed by atoms with Gasteiger partial charge in [-0.25, -0.2) is 5.06 Å². The Morgan fingerprint density at radius 1 is 1.00 bits per heavy atom. The first-order valence-corrected chi connectivity index (χ1v) is 12.0. The number of ketones is 1. The van der Waals surface area contributed by atoms with Crippen molar-refractivity contribution >= 4 is 17.6 Å². The molecule has 2 aliphatic rings. The molecule has 2 aliphatic heterocycles. The number of nitrogens with one attached hydrogen (secondary N) is 1. The lowest BCUT2D eigenvalue weighted by atomic mass is 9.77. The maximum atomic E-state index is 12.2. The highest BCUT2D eigenvalue weighted by atomic mass is 16.5. The molecule has 176 valence electrons. The molecule has 0 aromatic heterocycles. The fraction of sp³-hybridized carbons (Fsp3) is 0.792. The molecule has 4 atom stereocenters. The average molecular weight is 437 g/mol. The molecule has 2 saturated heterocycles. The number of allylic oxidation sites excluding steroid dienone is 2. The summed E-state index contributed by atoms with van der Waals surface area (Å²) in [5, 5.41) is 12.7. The average Bonchev–Trinajstić information content (AvgIpc) is 3.35. The smallest absolute Gasteiger partial charge is 0.245 e. The lowest BCUT2D eigenvalue weighted by Crippen LogP contribution is -2.38. The molecule has 2 heterocycles. The second-order valence-electron chi connectivity index (χ2n) is 8.93. The zero-order chi connectivity index (χ0) is 22.6. The zero-order valence-electron chi connectivity index (χ0n) is 19.2. The Kier molecular flexibility index (Phi) is 11.2. The van der Waals surface area contributed by atoms with E-state index in [9.17, 15) is 14.4 Å². The summed E-state index contributed by atoms with van der Waals surface area (Å²) in [5.41, 5.74) is 0. The summed E-state index contributed by atoms with van der Waals surface area (Å²) in [6.45, 7) is 2.72. The Balaban J connectivity index is 1.67. The summed E-state index contributed by atoms with van der Waals surface area (Å²) in [4.78, 5) is 35.4. The maximum absolute atomic E-state index is 12.2. The van der Waals surface area contributed by atoms with Gasteiger partial charge >= 0.3 is 0 Å². The van der Waals surface area contributed by atoms with Crippen LogP contribution in [0.2, 0.25) is 0 Å². The Labute approximate surface area is 186 Å². The summed E-state index contributed by atoms with van der Waals surface area (Å²) < 4.78 is 6.10. The lowest BCUT2D eigenvalue weighted by Gasteiger charge is -2.27. The molecule has 0 aromatic carbocycles. The van der Waals surface area contributed by atoms with Gasteiger partial charge in [0.25, 0.3) is 0 Å². The quantitative estimate of drug-likeness (QED) is 0.176. The molecular weight excluding hydrogens is 396 g/mol. The van der Waals surface area contributed by atoms with Crippen LogP contribution in [-0.2, 0) is 19.1 Å². The van der Waals surface area contributed by atoms with Crippen LogP contribution < -0.4 is 5.32 Å². The van der Waals surface area contributed by atoms with E-state index in [1.807, 2.05) is 0 Å². The van der Waals surface area contributed by atoms with Crippen molar-refractivity contribution in [1.82, 2.24) is 10.4 Å². The van der Waals surface area contributed by atoms with Gasteiger partial charge in [-0.1, -0.05) is 31.9 Å². The van der Waals surface area contributed by atoms with Crippen molar-refractivity contribution < 1.29 is 24.3 Å². The highest BCUT2D eigenvalue weighted by molar-refractivity contribution is 5.84. The van der Waals surface area contributed by atoms with Gasteiger partial charge in [0.15, 0.2) is 0 Å². The third kappa shape index (κ3) is 8.73. The van der Waals surface area contributed by atoms with Gasteiger partial charge in [0.05, 0.1) is 12.2 Å². The number of rotatable bonds is 15. The molecular formula is C24H40N2O5. The second kappa shape index (κ2) is 13.6. The third-order valence-electron chi connectivity index (χ3n) is 6.51. The predicted octanol–water partition coefficient (Wildman–Crippen LogP) is 3.79. The highest BCUT2D eigenvalue weighted by Gasteiger charge is 2.47. The van der Waals surface area contributed by atoms with Gasteiger partial charge in [0.2, 0.25) is 11.8 Å². The number of carbonyl (C=O) groups excluding carboxylic acids is 3. The SMILES string of the molecule is CCCCCC(=O)CCC(=O)NC[C@@H]1[C@H](CC=CCCCC(=O)N(C)O)[C@@H]2CC[C@H]1O2. The molecule has 0 radical (unpaired) electrons. The van der Waals surface area contributed by atoms with Crippen LogP contribution in [0.1, 0.15) is 84.0 Å². The molecule has 2 amide bonds. The summed E-state index contributed by atoms with van der Waals surface area (Å²) in [7, 11) is 1.34. The minimum Gasteiger partial charge on any atom is -0.374 e. The van der Waals surface area contributed by atoms with Crippen LogP contribution in [0.25, 0.3) is 0 Å². The minimum atomic E-state index is -0.270. The maximum Gasteiger partial charge on any atom is 0.245 e. The van der Waals surface area contributed by atoms with Crippen LogP contribution in [0.4, 0.5) is 0 Å². The van der Waals surface area contributed by atoms with Crippen LogP contribution in [0.15, 0.2) is 12.2 Å². The molecule has 0 spiro atoms. The van der Waals surface area contributed by atoms with Gasteiger partial charge in [-0.3, -0.25) is 19.6 Å². The molecule has 2 fully saturated rings. The van der Waals surface area contributed by atoms with Crippen molar-refractivity contribution in [3.8, 4) is 0 Å². The number of amides is 2. The second-order valence-corrected chi connectivity index (χ2v) is 8.93. The molecule has 2 rings (SSSR count). The number of fused-ring (bicyclic) bond motifs is 2. The molecule has 0 aliphatic carbocycles. The number of hydrogen-bond donors (Lipinski definition) is 2. The predicted molar refractivity (Wildman–Crippen MR) is 118 cm³/mol. The van der Waals surface area contributed by atoms with Crippen molar-refractivity contribution in [2.24, 2.45) is 11.8 Å². The fourth-order valence-corrected chi connectivity index (χ4v) is 4.65. The fourth-order valence-electron chi connectivity index (χ4n) is 4.65. The van der Waals surface area contributed by atoms with Gasteiger partial charge in [0, 0.05) is 45.2 Å². The van der Waals surface area contributed by atoms with Gasteiger partial charge in [-0.05, 0) is 44.4 Å². The van der Waals surface area contributed by atoms with Crippen molar-refractivity contribution in [1.29, 1.82) is 0 Å². The van der Waals surface area contributed by atoms with Crippen LogP contribution >= 0.6 is 0 Å². The van der Waals surface area contributed by atoms with Crippen LogP contribution in [0.5, 0.6) is 0 Å². The van der Waals surface area contributed by atoms with Crippen LogP contribution in [0, 0.1) is 11.8 Å². The zero-order valence-corrected chi connectivity index (χ0v) is 19.2. The largest absolute Gasteiger partial charge is 0.374 e. The van der Waals surface area contributed by atoms with Crippen molar-refractivity contribution in [2.75, 3.05) is 13.6 Å². The lowest BCUT2D eigenvalue weighted by molar-refractivity contribution is -0.159. The minimum absolute atomic E-state index is 0.0422. The molecule has 0 aromatic rings. The first-order chi connectivity index (χ1) is 14.9. The van der Waals surface area contributed by atoms with Crippen molar-refractivity contribution in [3.63, 3.8) is 0 Å². The molecule has 0 saturated carbocycles. The normalized spacial score (nSPS) is 24.6. The van der Waals surface area contributed by atoms with E-state index in [-0.39, 0.29) is 36.2 Å². The van der Waals surface area contributed by atoms with Gasteiger partial charge in [0.1, 0.15) is 5.78 Å². The molecule has 31 heavy (non-hydrogen) atoms. The molecule has 2 bridgehead atoms. The Morgan fingerprint density at radius 2 is 1.74 bits per heavy atom. The number of hydroxylamine groups is 2. The Morgan fingerprint density at radius 3 is 2.45 bits per heavy atom. The highest BCUT2D eigenvalue weighted by Crippen LogP contribution is 2.44. The van der Waals surface area contributed by atoms with E-state index in [4.69, 9.17) is 9.94 Å². The van der Waals surface area contributed by atoms with Gasteiger partial charge in [-0.15, -0.1) is 0 Å². The molecule has 0 unspecified atom stereocenters. The number of hydrogen-bond acceptors (Lipinski definition) is 5.